The number of halogens is 3. The number of rotatable bonds is 7. The Balaban J connectivity index is 1.81. The van der Waals surface area contributed by atoms with Crippen molar-refractivity contribution in [2.75, 3.05) is 23.8 Å². The highest BCUT2D eigenvalue weighted by Gasteiger charge is 2.29. The Morgan fingerprint density at radius 2 is 1.97 bits per heavy atom. The fourth-order valence-corrected chi connectivity index (χ4v) is 3.41. The second-order valence-electron chi connectivity index (χ2n) is 6.51. The van der Waals surface area contributed by atoms with E-state index in [0.717, 1.165) is 24.2 Å². The predicted octanol–water partition coefficient (Wildman–Crippen LogP) is 5.18. The normalized spacial score (nSPS) is 11.4. The molecule has 10 heteroatoms. The molecule has 0 fully saturated rings. The third-order valence-electron chi connectivity index (χ3n) is 4.19. The highest BCUT2D eigenvalue weighted by Crippen LogP contribution is 2.37. The summed E-state index contributed by atoms with van der Waals surface area (Å²) in [5, 5.41) is 9.54. The zero-order chi connectivity index (χ0) is 21.7. The Labute approximate surface area is 175 Å². The Morgan fingerprint density at radius 3 is 2.57 bits per heavy atom. The second-order valence-corrected chi connectivity index (χ2v) is 7.65. The smallest absolute Gasteiger partial charge is 0.359 e. The summed E-state index contributed by atoms with van der Waals surface area (Å²) >= 11 is -0.203. The number of hydrogen-bond donors (Lipinski definition) is 2. The number of thioether (sulfide) groups is 1. The summed E-state index contributed by atoms with van der Waals surface area (Å²) < 4.78 is 37.3. The van der Waals surface area contributed by atoms with E-state index in [4.69, 9.17) is 0 Å². The van der Waals surface area contributed by atoms with Crippen molar-refractivity contribution in [2.24, 2.45) is 0 Å². The maximum absolute atomic E-state index is 12.7. The molecule has 1 aromatic carbocycles. The van der Waals surface area contributed by atoms with Crippen LogP contribution >= 0.6 is 11.8 Å². The van der Waals surface area contributed by atoms with E-state index in [9.17, 15) is 18.0 Å². The number of hydrogen-bond acceptors (Lipinski definition) is 5. The van der Waals surface area contributed by atoms with Crippen molar-refractivity contribution in [3.8, 4) is 11.3 Å². The number of aromatic nitrogens is 3. The van der Waals surface area contributed by atoms with Gasteiger partial charge in [-0.3, -0.25) is 9.89 Å². The van der Waals surface area contributed by atoms with Crippen LogP contribution < -0.4 is 10.2 Å². The highest BCUT2D eigenvalue weighted by molar-refractivity contribution is 8.00. The topological polar surface area (TPSA) is 73.9 Å². The van der Waals surface area contributed by atoms with E-state index in [0.29, 0.717) is 17.1 Å². The number of nitrogens with zero attached hydrogens (tertiary/aromatic N) is 3. The number of benzene rings is 1. The van der Waals surface area contributed by atoms with E-state index >= 15 is 0 Å². The maximum atomic E-state index is 12.7. The van der Waals surface area contributed by atoms with Gasteiger partial charge in [-0.25, -0.2) is 4.98 Å². The van der Waals surface area contributed by atoms with Gasteiger partial charge in [-0.1, -0.05) is 6.92 Å². The number of carbonyl (C=O) groups excluding carboxylic acids is 1. The molecule has 0 bridgehead atoms. The molecule has 0 aliphatic carbocycles. The maximum Gasteiger partial charge on any atom is 0.446 e. The molecule has 2 heterocycles. The summed E-state index contributed by atoms with van der Waals surface area (Å²) in [5.41, 5.74) is -2.19. The monoisotopic (exact) mass is 435 g/mol. The molecule has 3 aromatic rings. The largest absolute Gasteiger partial charge is 0.446 e. The molecule has 0 radical (unpaired) electrons. The summed E-state index contributed by atoms with van der Waals surface area (Å²) in [6.07, 6.45) is 4.03. The number of H-pyrrole nitrogens is 1. The Bertz CT molecular complexity index is 991. The first-order valence-corrected chi connectivity index (χ1v) is 9.96. The van der Waals surface area contributed by atoms with Crippen molar-refractivity contribution >= 4 is 29.2 Å². The lowest BCUT2D eigenvalue weighted by Crippen LogP contribution is -2.21. The Hall–Kier alpha value is -3.01. The quantitative estimate of drug-likeness (QED) is 0.500. The standard InChI is InChI=1S/C20H20F3N5OS/c1-3-10-28(2)18-16(17-8-9-25-27-17)11-13(12-24-18)19(29)26-14-4-6-15(7-5-14)30-20(21,22)23/h4-9,11-12H,3,10H2,1-2H3,(H,25,27)(H,26,29). The van der Waals surface area contributed by atoms with Crippen LogP contribution in [-0.2, 0) is 0 Å². The lowest BCUT2D eigenvalue weighted by atomic mass is 10.1. The van der Waals surface area contributed by atoms with Crippen LogP contribution in [0.1, 0.15) is 23.7 Å². The fourth-order valence-electron chi connectivity index (χ4n) is 2.87. The predicted molar refractivity (Wildman–Crippen MR) is 112 cm³/mol. The average molecular weight is 435 g/mol. The first-order chi connectivity index (χ1) is 14.3. The lowest BCUT2D eigenvalue weighted by molar-refractivity contribution is -0.0328. The molecule has 158 valence electrons. The van der Waals surface area contributed by atoms with Gasteiger partial charge in [-0.15, -0.1) is 0 Å². The zero-order valence-electron chi connectivity index (χ0n) is 16.3. The molecule has 0 atom stereocenters. The molecule has 3 rings (SSSR count). The fraction of sp³-hybridized carbons (Fsp3) is 0.250. The van der Waals surface area contributed by atoms with Gasteiger partial charge in [0.2, 0.25) is 0 Å². The molecule has 0 aliphatic rings. The molecular weight excluding hydrogens is 415 g/mol. The van der Waals surface area contributed by atoms with Crippen LogP contribution in [0.3, 0.4) is 0 Å². The van der Waals surface area contributed by atoms with E-state index in [1.54, 1.807) is 18.3 Å². The SMILES string of the molecule is CCCN(C)c1ncc(C(=O)Nc2ccc(SC(F)(F)F)cc2)cc1-c1ccn[nH]1. The Kier molecular flexibility index (Phi) is 6.66. The lowest BCUT2D eigenvalue weighted by Gasteiger charge is -2.20. The van der Waals surface area contributed by atoms with Crippen LogP contribution in [0.5, 0.6) is 0 Å². The van der Waals surface area contributed by atoms with Crippen LogP contribution in [-0.4, -0.2) is 40.2 Å². The number of alkyl halides is 3. The van der Waals surface area contributed by atoms with Crippen LogP contribution in [0.4, 0.5) is 24.7 Å². The van der Waals surface area contributed by atoms with Gasteiger partial charge in [-0.2, -0.15) is 18.3 Å². The summed E-state index contributed by atoms with van der Waals surface area (Å²) in [6.45, 7) is 2.86. The van der Waals surface area contributed by atoms with Crippen molar-refractivity contribution < 1.29 is 18.0 Å². The van der Waals surface area contributed by atoms with Gasteiger partial charge in [0.05, 0.1) is 11.3 Å². The van der Waals surface area contributed by atoms with Crippen molar-refractivity contribution in [1.29, 1.82) is 0 Å². The molecule has 6 nitrogen and oxygen atoms in total. The summed E-state index contributed by atoms with van der Waals surface area (Å²) in [6, 6.07) is 8.98. The van der Waals surface area contributed by atoms with Gasteiger partial charge >= 0.3 is 5.51 Å². The van der Waals surface area contributed by atoms with Crippen LogP contribution in [0.15, 0.2) is 53.7 Å². The van der Waals surface area contributed by atoms with E-state index in [1.165, 1.54) is 30.5 Å². The van der Waals surface area contributed by atoms with Gasteiger partial charge in [0, 0.05) is 42.1 Å². The number of amides is 1. The van der Waals surface area contributed by atoms with Crippen LogP contribution in [0.2, 0.25) is 0 Å². The van der Waals surface area contributed by atoms with Crippen LogP contribution in [0.25, 0.3) is 11.3 Å². The van der Waals surface area contributed by atoms with Crippen molar-refractivity contribution in [3.05, 3.63) is 54.4 Å². The molecule has 1 amide bonds. The number of pyridine rings is 1. The second kappa shape index (κ2) is 9.21. The zero-order valence-corrected chi connectivity index (χ0v) is 17.1. The number of nitrogens with one attached hydrogen (secondary N) is 2. The first-order valence-electron chi connectivity index (χ1n) is 9.15. The van der Waals surface area contributed by atoms with E-state index in [1.807, 2.05) is 11.9 Å². The molecule has 0 unspecified atom stereocenters. The number of carbonyl (C=O) groups is 1. The van der Waals surface area contributed by atoms with E-state index < -0.39 is 11.4 Å². The van der Waals surface area contributed by atoms with Crippen molar-refractivity contribution in [1.82, 2.24) is 15.2 Å². The van der Waals surface area contributed by atoms with E-state index in [-0.39, 0.29) is 16.7 Å². The number of aromatic amines is 1. The molecule has 0 aliphatic heterocycles. The van der Waals surface area contributed by atoms with Crippen molar-refractivity contribution in [3.63, 3.8) is 0 Å². The molecule has 0 saturated heterocycles. The van der Waals surface area contributed by atoms with Gasteiger partial charge in [0.15, 0.2) is 0 Å². The molecular formula is C20H20F3N5OS. The molecule has 0 spiro atoms. The number of anilines is 2. The summed E-state index contributed by atoms with van der Waals surface area (Å²) in [4.78, 5) is 19.2. The molecule has 2 aromatic heterocycles. The van der Waals surface area contributed by atoms with Gasteiger partial charge < -0.3 is 10.2 Å². The third-order valence-corrected chi connectivity index (χ3v) is 4.93. The van der Waals surface area contributed by atoms with Gasteiger partial charge in [0.25, 0.3) is 5.91 Å². The average Bonchev–Trinajstić information content (AvgIpc) is 3.23. The molecule has 0 saturated carbocycles. The Morgan fingerprint density at radius 1 is 1.23 bits per heavy atom. The highest BCUT2D eigenvalue weighted by atomic mass is 32.2. The van der Waals surface area contributed by atoms with Crippen molar-refractivity contribution in [2.45, 2.75) is 23.7 Å². The summed E-state index contributed by atoms with van der Waals surface area (Å²) in [5.74, 6) is 0.301. The summed E-state index contributed by atoms with van der Waals surface area (Å²) in [7, 11) is 1.92. The third kappa shape index (κ3) is 5.53. The minimum atomic E-state index is -4.35. The first kappa shape index (κ1) is 21.7. The van der Waals surface area contributed by atoms with Gasteiger partial charge in [-0.05, 0) is 54.6 Å². The van der Waals surface area contributed by atoms with Gasteiger partial charge in [0.1, 0.15) is 5.82 Å². The molecule has 30 heavy (non-hydrogen) atoms. The van der Waals surface area contributed by atoms with E-state index in [2.05, 4.69) is 27.4 Å². The molecule has 2 N–H and O–H groups in total. The van der Waals surface area contributed by atoms with Crippen LogP contribution in [0, 0.1) is 0 Å². The minimum Gasteiger partial charge on any atom is -0.359 e. The minimum absolute atomic E-state index is 0.0482.